The van der Waals surface area contributed by atoms with Crippen molar-refractivity contribution in [1.29, 1.82) is 0 Å². The van der Waals surface area contributed by atoms with Crippen molar-refractivity contribution in [2.75, 3.05) is 36.4 Å². The zero-order chi connectivity index (χ0) is 32.5. The van der Waals surface area contributed by atoms with Gasteiger partial charge in [0.15, 0.2) is 0 Å². The Kier molecular flexibility index (Phi) is 9.52. The fourth-order valence-corrected chi connectivity index (χ4v) is 7.32. The summed E-state index contributed by atoms with van der Waals surface area (Å²) in [6, 6.07) is 15.0. The van der Waals surface area contributed by atoms with E-state index >= 15 is 4.39 Å². The molecule has 0 saturated carbocycles. The first-order chi connectivity index (χ1) is 21.4. The van der Waals surface area contributed by atoms with Crippen molar-refractivity contribution in [3.8, 4) is 11.5 Å². The lowest BCUT2D eigenvalue weighted by Gasteiger charge is -2.37. The van der Waals surface area contributed by atoms with E-state index in [9.17, 15) is 9.59 Å². The highest BCUT2D eigenvalue weighted by atomic mass is 32.2. The van der Waals surface area contributed by atoms with Gasteiger partial charge in [0, 0.05) is 23.7 Å². The molecule has 9 heteroatoms. The van der Waals surface area contributed by atoms with Crippen LogP contribution >= 0.6 is 11.8 Å². The average molecular weight is 634 g/mol. The standard InChI is InChI=1S/C36H44FN3O4S/c1-21-12-14-25-27(18-21)39-34(42)36(25)29(20-35(3,4)5)40-32(30(36)24-11-8-10-22(2)31(24)37)33(41)38-26-15-13-23(19-28(26)43-6)44-16-9-17-45-7/h8,10-15,18-19,29-30,32,40H,9,16-17,20H2,1-7H3,(H,38,41)(H,39,42)/t29?,30?,32-,36-/m1/s1. The molecule has 2 unspecified atom stereocenters. The molecule has 2 aliphatic rings. The van der Waals surface area contributed by atoms with Gasteiger partial charge in [-0.3, -0.25) is 9.59 Å². The first-order valence-corrected chi connectivity index (χ1v) is 16.8. The molecule has 0 radical (unpaired) electrons. The number of halogens is 1. The molecule has 0 bridgehead atoms. The molecular formula is C36H44FN3O4S. The van der Waals surface area contributed by atoms with E-state index in [2.05, 4.69) is 43.0 Å². The van der Waals surface area contributed by atoms with Crippen LogP contribution in [0.15, 0.2) is 54.6 Å². The largest absolute Gasteiger partial charge is 0.494 e. The third-order valence-electron chi connectivity index (χ3n) is 8.85. The first-order valence-electron chi connectivity index (χ1n) is 15.4. The van der Waals surface area contributed by atoms with E-state index in [1.807, 2.05) is 25.1 Å². The third-order valence-corrected chi connectivity index (χ3v) is 9.54. The molecule has 5 rings (SSSR count). The second-order valence-electron chi connectivity index (χ2n) is 13.3. The van der Waals surface area contributed by atoms with Crippen LogP contribution in [0.2, 0.25) is 0 Å². The number of nitrogens with one attached hydrogen (secondary N) is 3. The highest BCUT2D eigenvalue weighted by Crippen LogP contribution is 2.57. The number of aryl methyl sites for hydroxylation is 2. The van der Waals surface area contributed by atoms with E-state index in [1.165, 1.54) is 7.11 Å². The summed E-state index contributed by atoms with van der Waals surface area (Å²) >= 11 is 1.77. The molecular weight excluding hydrogens is 589 g/mol. The summed E-state index contributed by atoms with van der Waals surface area (Å²) in [6.45, 7) is 10.6. The van der Waals surface area contributed by atoms with Gasteiger partial charge in [0.1, 0.15) is 22.7 Å². The van der Waals surface area contributed by atoms with E-state index in [0.29, 0.717) is 47.0 Å². The van der Waals surface area contributed by atoms with Gasteiger partial charge in [-0.1, -0.05) is 51.1 Å². The molecule has 45 heavy (non-hydrogen) atoms. The number of methoxy groups -OCH3 is 1. The predicted molar refractivity (Wildman–Crippen MR) is 180 cm³/mol. The van der Waals surface area contributed by atoms with E-state index in [-0.39, 0.29) is 17.2 Å². The van der Waals surface area contributed by atoms with E-state index in [1.54, 1.807) is 55.1 Å². The Bertz CT molecular complexity index is 1590. The number of ether oxygens (including phenoxy) is 2. The quantitative estimate of drug-likeness (QED) is 0.209. The summed E-state index contributed by atoms with van der Waals surface area (Å²) in [5.41, 5.74) is 2.31. The Morgan fingerprint density at radius 3 is 2.60 bits per heavy atom. The summed E-state index contributed by atoms with van der Waals surface area (Å²) in [5.74, 6) is 0.238. The topological polar surface area (TPSA) is 88.7 Å². The van der Waals surface area contributed by atoms with Gasteiger partial charge in [0.05, 0.1) is 25.4 Å². The maximum Gasteiger partial charge on any atom is 0.242 e. The Morgan fingerprint density at radius 1 is 1.11 bits per heavy atom. The molecule has 2 aliphatic heterocycles. The van der Waals surface area contributed by atoms with Crippen LogP contribution in [-0.2, 0) is 15.0 Å². The van der Waals surface area contributed by atoms with Crippen molar-refractivity contribution in [2.24, 2.45) is 5.41 Å². The highest BCUT2D eigenvalue weighted by molar-refractivity contribution is 7.98. The lowest BCUT2D eigenvalue weighted by Crippen LogP contribution is -2.49. The average Bonchev–Trinajstić information content (AvgIpc) is 3.46. The summed E-state index contributed by atoms with van der Waals surface area (Å²) in [4.78, 5) is 28.8. The minimum atomic E-state index is -1.23. The van der Waals surface area contributed by atoms with Crippen LogP contribution < -0.4 is 25.4 Å². The lowest BCUT2D eigenvalue weighted by atomic mass is 9.62. The molecule has 240 valence electrons. The second-order valence-corrected chi connectivity index (χ2v) is 14.3. The summed E-state index contributed by atoms with van der Waals surface area (Å²) in [5, 5.41) is 9.71. The number of hydrogen-bond acceptors (Lipinski definition) is 6. The minimum Gasteiger partial charge on any atom is -0.494 e. The Labute approximate surface area is 270 Å². The Hall–Kier alpha value is -3.56. The van der Waals surface area contributed by atoms with Crippen LogP contribution in [-0.4, -0.2) is 49.6 Å². The van der Waals surface area contributed by atoms with Gasteiger partial charge in [0.2, 0.25) is 11.8 Å². The third kappa shape index (κ3) is 6.29. The zero-order valence-electron chi connectivity index (χ0n) is 27.2. The SMILES string of the molecule is COc1cc(OCCCSC)ccc1NC(=O)[C@@H]1NC(CC(C)(C)C)[C@@]2(C(=O)Nc3cc(C)ccc32)C1c1cccc(C)c1F. The number of carbonyl (C=O) groups is 2. The molecule has 1 fully saturated rings. The molecule has 1 saturated heterocycles. The van der Waals surface area contributed by atoms with Gasteiger partial charge < -0.3 is 25.4 Å². The van der Waals surface area contributed by atoms with Gasteiger partial charge in [0.25, 0.3) is 0 Å². The summed E-state index contributed by atoms with van der Waals surface area (Å²) < 4.78 is 27.7. The summed E-state index contributed by atoms with van der Waals surface area (Å²) in [7, 11) is 1.54. The molecule has 0 aromatic heterocycles. The highest BCUT2D eigenvalue weighted by Gasteiger charge is 2.66. The van der Waals surface area contributed by atoms with Crippen molar-refractivity contribution in [3.63, 3.8) is 0 Å². The molecule has 4 atom stereocenters. The van der Waals surface area contributed by atoms with Gasteiger partial charge in [-0.2, -0.15) is 11.8 Å². The summed E-state index contributed by atoms with van der Waals surface area (Å²) in [6.07, 6.45) is 3.55. The van der Waals surface area contributed by atoms with Crippen LogP contribution in [0.25, 0.3) is 0 Å². The van der Waals surface area contributed by atoms with Crippen LogP contribution in [0.3, 0.4) is 0 Å². The number of anilines is 2. The zero-order valence-corrected chi connectivity index (χ0v) is 28.0. The number of fused-ring (bicyclic) bond motifs is 2. The molecule has 3 aromatic carbocycles. The maximum absolute atomic E-state index is 16.2. The molecule has 7 nitrogen and oxygen atoms in total. The smallest absolute Gasteiger partial charge is 0.242 e. The number of carbonyl (C=O) groups excluding carboxylic acids is 2. The lowest BCUT2D eigenvalue weighted by molar-refractivity contribution is -0.122. The molecule has 3 aromatic rings. The van der Waals surface area contributed by atoms with Gasteiger partial charge in [-0.25, -0.2) is 4.39 Å². The molecule has 3 N–H and O–H groups in total. The normalized spacial score (nSPS) is 22.3. The number of thioether (sulfide) groups is 1. The van der Waals surface area contributed by atoms with Crippen LogP contribution in [0.5, 0.6) is 11.5 Å². The molecule has 2 heterocycles. The number of amides is 2. The van der Waals surface area contributed by atoms with Crippen LogP contribution in [0.4, 0.5) is 15.8 Å². The Morgan fingerprint density at radius 2 is 1.89 bits per heavy atom. The van der Waals surface area contributed by atoms with Gasteiger partial charge in [-0.15, -0.1) is 0 Å². The molecule has 2 amide bonds. The van der Waals surface area contributed by atoms with E-state index in [4.69, 9.17) is 9.47 Å². The monoisotopic (exact) mass is 633 g/mol. The maximum atomic E-state index is 16.2. The fraction of sp³-hybridized carbons (Fsp3) is 0.444. The van der Waals surface area contributed by atoms with Gasteiger partial charge >= 0.3 is 0 Å². The molecule has 1 spiro atoms. The second kappa shape index (κ2) is 13.0. The van der Waals surface area contributed by atoms with Crippen molar-refractivity contribution < 1.29 is 23.5 Å². The fourth-order valence-electron chi connectivity index (χ4n) is 6.91. The predicted octanol–water partition coefficient (Wildman–Crippen LogP) is 6.97. The minimum absolute atomic E-state index is 0.200. The van der Waals surface area contributed by atoms with Crippen LogP contribution in [0.1, 0.15) is 61.8 Å². The number of benzene rings is 3. The van der Waals surface area contributed by atoms with Gasteiger partial charge in [-0.05, 0) is 84.6 Å². The Balaban J connectivity index is 1.60. The molecule has 0 aliphatic carbocycles. The van der Waals surface area contributed by atoms with E-state index in [0.717, 1.165) is 23.3 Å². The first kappa shape index (κ1) is 32.8. The van der Waals surface area contributed by atoms with Crippen molar-refractivity contribution in [1.82, 2.24) is 5.32 Å². The van der Waals surface area contributed by atoms with E-state index < -0.39 is 29.2 Å². The number of hydrogen-bond donors (Lipinski definition) is 3. The van der Waals surface area contributed by atoms with Crippen molar-refractivity contribution in [3.05, 3.63) is 82.7 Å². The van der Waals surface area contributed by atoms with Crippen molar-refractivity contribution >= 4 is 35.0 Å². The van der Waals surface area contributed by atoms with Crippen LogP contribution in [0, 0.1) is 25.1 Å². The number of rotatable bonds is 10. The van der Waals surface area contributed by atoms with Crippen molar-refractivity contribution in [2.45, 2.75) is 70.9 Å².